The smallest absolute Gasteiger partial charge is 0.220 e. The van der Waals surface area contributed by atoms with Gasteiger partial charge in [-0.3, -0.25) is 4.79 Å². The fourth-order valence-electron chi connectivity index (χ4n) is 1.92. The molecule has 1 aliphatic rings. The lowest BCUT2D eigenvalue weighted by atomic mass is 10.0. The van der Waals surface area contributed by atoms with Crippen molar-refractivity contribution in [2.24, 2.45) is 11.8 Å². The summed E-state index contributed by atoms with van der Waals surface area (Å²) in [5, 5.41) is 11.8. The van der Waals surface area contributed by atoms with Crippen molar-refractivity contribution in [2.75, 3.05) is 0 Å². The van der Waals surface area contributed by atoms with E-state index in [-0.39, 0.29) is 17.9 Å². The van der Waals surface area contributed by atoms with E-state index in [2.05, 4.69) is 11.4 Å². The molecule has 1 saturated carbocycles. The molecule has 1 N–H and O–H groups in total. The first-order chi connectivity index (χ1) is 6.63. The molecule has 0 heterocycles. The van der Waals surface area contributed by atoms with E-state index in [4.69, 9.17) is 5.26 Å². The molecule has 0 aromatic carbocycles. The first kappa shape index (κ1) is 11.0. The van der Waals surface area contributed by atoms with Crippen molar-refractivity contribution < 1.29 is 4.79 Å². The third-order valence-corrected chi connectivity index (χ3v) is 2.62. The zero-order valence-corrected chi connectivity index (χ0v) is 8.92. The highest BCUT2D eigenvalue weighted by Crippen LogP contribution is 2.24. The van der Waals surface area contributed by atoms with Crippen molar-refractivity contribution in [3.63, 3.8) is 0 Å². The van der Waals surface area contributed by atoms with Gasteiger partial charge in [0, 0.05) is 12.5 Å². The van der Waals surface area contributed by atoms with Crippen LogP contribution in [0.15, 0.2) is 0 Å². The van der Waals surface area contributed by atoms with Crippen molar-refractivity contribution in [3.8, 4) is 6.07 Å². The first-order valence-corrected chi connectivity index (χ1v) is 5.32. The van der Waals surface area contributed by atoms with Crippen LogP contribution in [0.3, 0.4) is 0 Å². The van der Waals surface area contributed by atoms with Crippen molar-refractivity contribution >= 4 is 5.91 Å². The first-order valence-electron chi connectivity index (χ1n) is 5.32. The molecule has 1 fully saturated rings. The van der Waals surface area contributed by atoms with Gasteiger partial charge < -0.3 is 5.32 Å². The molecule has 0 radical (unpaired) electrons. The van der Waals surface area contributed by atoms with Crippen LogP contribution in [0.4, 0.5) is 0 Å². The maximum absolute atomic E-state index is 11.5. The molecular weight excluding hydrogens is 176 g/mol. The van der Waals surface area contributed by atoms with Gasteiger partial charge in [-0.2, -0.15) is 5.26 Å². The van der Waals surface area contributed by atoms with Gasteiger partial charge in [0.15, 0.2) is 0 Å². The lowest BCUT2D eigenvalue weighted by Crippen LogP contribution is -2.37. The highest BCUT2D eigenvalue weighted by Gasteiger charge is 2.28. The van der Waals surface area contributed by atoms with Crippen LogP contribution in [-0.2, 0) is 4.79 Å². The summed E-state index contributed by atoms with van der Waals surface area (Å²) in [6, 6.07) is 2.36. The fraction of sp³-hybridized carbons (Fsp3) is 0.818. The van der Waals surface area contributed by atoms with Crippen LogP contribution in [0, 0.1) is 23.2 Å². The maximum Gasteiger partial charge on any atom is 0.220 e. The molecule has 3 heteroatoms. The lowest BCUT2D eigenvalue weighted by molar-refractivity contribution is -0.122. The number of carbonyl (C=O) groups is 1. The van der Waals surface area contributed by atoms with Crippen molar-refractivity contribution in [2.45, 2.75) is 45.6 Å². The van der Waals surface area contributed by atoms with Gasteiger partial charge in [-0.15, -0.1) is 0 Å². The van der Waals surface area contributed by atoms with E-state index < -0.39 is 0 Å². The quantitative estimate of drug-likeness (QED) is 0.745. The summed E-state index contributed by atoms with van der Waals surface area (Å²) in [5.41, 5.74) is 0. The van der Waals surface area contributed by atoms with Crippen molar-refractivity contribution in [1.82, 2.24) is 5.32 Å². The Morgan fingerprint density at radius 1 is 1.57 bits per heavy atom. The number of nitrogens with zero attached hydrogens (tertiary/aromatic N) is 1. The second-order valence-corrected chi connectivity index (χ2v) is 4.44. The Balaban J connectivity index is 2.37. The Kier molecular flexibility index (Phi) is 3.94. The normalized spacial score (nSPS) is 26.1. The van der Waals surface area contributed by atoms with Crippen LogP contribution in [-0.4, -0.2) is 11.9 Å². The summed E-state index contributed by atoms with van der Waals surface area (Å²) in [5.74, 6) is 0.509. The fourth-order valence-corrected chi connectivity index (χ4v) is 1.92. The molecule has 0 aromatic heterocycles. The van der Waals surface area contributed by atoms with Crippen LogP contribution in [0.5, 0.6) is 0 Å². The minimum Gasteiger partial charge on any atom is -0.352 e. The summed E-state index contributed by atoms with van der Waals surface area (Å²) < 4.78 is 0. The van der Waals surface area contributed by atoms with E-state index in [1.165, 1.54) is 0 Å². The number of nitrogens with one attached hydrogen (secondary N) is 1. The van der Waals surface area contributed by atoms with E-state index in [9.17, 15) is 4.79 Å². The zero-order chi connectivity index (χ0) is 10.6. The van der Waals surface area contributed by atoms with Crippen LogP contribution in [0.25, 0.3) is 0 Å². The number of hydrogen-bond acceptors (Lipinski definition) is 2. The van der Waals surface area contributed by atoms with E-state index in [0.717, 1.165) is 19.3 Å². The minimum atomic E-state index is 0.0334. The van der Waals surface area contributed by atoms with Gasteiger partial charge in [-0.05, 0) is 25.2 Å². The molecule has 0 aromatic rings. The third-order valence-electron chi connectivity index (χ3n) is 2.62. The highest BCUT2D eigenvalue weighted by atomic mass is 16.1. The summed E-state index contributed by atoms with van der Waals surface area (Å²) >= 11 is 0. The molecule has 14 heavy (non-hydrogen) atoms. The topological polar surface area (TPSA) is 52.9 Å². The molecule has 2 unspecified atom stereocenters. The average molecular weight is 194 g/mol. The van der Waals surface area contributed by atoms with E-state index in [0.29, 0.717) is 12.3 Å². The van der Waals surface area contributed by atoms with Crippen LogP contribution in [0.2, 0.25) is 0 Å². The Bertz CT molecular complexity index is 242. The van der Waals surface area contributed by atoms with Gasteiger partial charge >= 0.3 is 0 Å². The largest absolute Gasteiger partial charge is 0.352 e. The number of nitriles is 1. The molecule has 78 valence electrons. The standard InChI is InChI=1S/C11H18N2O/c1-8(2)6-11(14)13-10-5-3-4-9(10)7-12/h8-10H,3-6H2,1-2H3,(H,13,14). The molecule has 1 rings (SSSR count). The van der Waals surface area contributed by atoms with Gasteiger partial charge in [0.2, 0.25) is 5.91 Å². The number of carbonyl (C=O) groups excluding carboxylic acids is 1. The van der Waals surface area contributed by atoms with Gasteiger partial charge in [-0.1, -0.05) is 13.8 Å². The SMILES string of the molecule is CC(C)CC(=O)NC1CCCC1C#N. The van der Waals surface area contributed by atoms with Crippen LogP contribution >= 0.6 is 0 Å². The van der Waals surface area contributed by atoms with E-state index >= 15 is 0 Å². The summed E-state index contributed by atoms with van der Waals surface area (Å²) in [6.07, 6.45) is 3.52. The molecule has 1 aliphatic carbocycles. The van der Waals surface area contributed by atoms with Gasteiger partial charge in [0.1, 0.15) is 0 Å². The lowest BCUT2D eigenvalue weighted by Gasteiger charge is -2.16. The van der Waals surface area contributed by atoms with Gasteiger partial charge in [-0.25, -0.2) is 0 Å². The summed E-state index contributed by atoms with van der Waals surface area (Å²) in [6.45, 7) is 4.05. The van der Waals surface area contributed by atoms with E-state index in [1.54, 1.807) is 0 Å². The van der Waals surface area contributed by atoms with E-state index in [1.807, 2.05) is 13.8 Å². The number of rotatable bonds is 3. The van der Waals surface area contributed by atoms with Crippen LogP contribution < -0.4 is 5.32 Å². The minimum absolute atomic E-state index is 0.0334. The second-order valence-electron chi connectivity index (χ2n) is 4.44. The van der Waals surface area contributed by atoms with Crippen LogP contribution in [0.1, 0.15) is 39.5 Å². The zero-order valence-electron chi connectivity index (χ0n) is 8.92. The summed E-state index contributed by atoms with van der Waals surface area (Å²) in [4.78, 5) is 11.5. The second kappa shape index (κ2) is 4.99. The molecular formula is C11H18N2O. The molecule has 0 saturated heterocycles. The highest BCUT2D eigenvalue weighted by molar-refractivity contribution is 5.76. The number of amides is 1. The molecule has 3 nitrogen and oxygen atoms in total. The Morgan fingerprint density at radius 3 is 2.86 bits per heavy atom. The molecule has 0 aliphatic heterocycles. The monoisotopic (exact) mass is 194 g/mol. The number of hydrogen-bond donors (Lipinski definition) is 1. The molecule has 0 bridgehead atoms. The summed E-state index contributed by atoms with van der Waals surface area (Å²) in [7, 11) is 0. The predicted octanol–water partition coefficient (Wildman–Crippen LogP) is 1.84. The van der Waals surface area contributed by atoms with Crippen molar-refractivity contribution in [1.29, 1.82) is 5.26 Å². The Hall–Kier alpha value is -1.04. The van der Waals surface area contributed by atoms with Crippen molar-refractivity contribution in [3.05, 3.63) is 0 Å². The molecule has 1 amide bonds. The predicted molar refractivity (Wildman–Crippen MR) is 54.3 cm³/mol. The Labute approximate surface area is 85.5 Å². The maximum atomic E-state index is 11.5. The Morgan fingerprint density at radius 2 is 2.29 bits per heavy atom. The van der Waals surface area contributed by atoms with Gasteiger partial charge in [0.25, 0.3) is 0 Å². The van der Waals surface area contributed by atoms with Gasteiger partial charge in [0.05, 0.1) is 12.0 Å². The molecule has 0 spiro atoms. The molecule has 2 atom stereocenters. The third kappa shape index (κ3) is 3.02. The average Bonchev–Trinajstić information content (AvgIpc) is 2.50.